The number of anilines is 1. The van der Waals surface area contributed by atoms with Gasteiger partial charge >= 0.3 is 0 Å². The monoisotopic (exact) mass is 578 g/mol. The maximum Gasteiger partial charge on any atom is 0.254 e. The molecule has 2 amide bonds. The summed E-state index contributed by atoms with van der Waals surface area (Å²) in [6.45, 7) is 2.23. The van der Waals surface area contributed by atoms with Gasteiger partial charge in [-0.05, 0) is 55.5 Å². The Bertz CT molecular complexity index is 1450. The molecule has 0 saturated heterocycles. The Morgan fingerprint density at radius 2 is 1.61 bits per heavy atom. The third kappa shape index (κ3) is 8.63. The zero-order valence-electron chi connectivity index (χ0n) is 23.4. The summed E-state index contributed by atoms with van der Waals surface area (Å²) < 4.78 is 23.6. The number of aliphatic hydroxyl groups is 1. The lowest BCUT2D eigenvalue weighted by Gasteiger charge is -2.40. The van der Waals surface area contributed by atoms with E-state index in [1.54, 1.807) is 4.90 Å². The lowest BCUT2D eigenvalue weighted by molar-refractivity contribution is 0.0221. The molecule has 10 heteroatoms. The van der Waals surface area contributed by atoms with Crippen molar-refractivity contribution in [2.24, 2.45) is 5.73 Å². The zero-order chi connectivity index (χ0) is 29.6. The van der Waals surface area contributed by atoms with E-state index in [0.29, 0.717) is 19.0 Å². The van der Waals surface area contributed by atoms with Gasteiger partial charge in [0.15, 0.2) is 9.84 Å². The van der Waals surface area contributed by atoms with E-state index in [4.69, 9.17) is 5.73 Å². The molecule has 0 aromatic heterocycles. The third-order valence-corrected chi connectivity index (χ3v) is 7.89. The summed E-state index contributed by atoms with van der Waals surface area (Å²) >= 11 is 0. The summed E-state index contributed by atoms with van der Waals surface area (Å²) in [6.07, 6.45) is 2.70. The Hall–Kier alpha value is -3.73. The van der Waals surface area contributed by atoms with Gasteiger partial charge in [-0.2, -0.15) is 0 Å². The molecular formula is C31H38N4O5S. The highest BCUT2D eigenvalue weighted by Gasteiger charge is 2.36. The number of nitrogens with one attached hydrogen (secondary N) is 2. The summed E-state index contributed by atoms with van der Waals surface area (Å²) in [5, 5.41) is 17.7. The quantitative estimate of drug-likeness (QED) is 0.230. The molecule has 41 heavy (non-hydrogen) atoms. The number of rotatable bonds is 14. The molecule has 1 fully saturated rings. The molecule has 4 rings (SSSR count). The lowest BCUT2D eigenvalue weighted by atomic mass is 9.94. The fourth-order valence-electron chi connectivity index (χ4n) is 4.85. The van der Waals surface area contributed by atoms with Gasteiger partial charge in [0, 0.05) is 35.7 Å². The first kappa shape index (κ1) is 30.2. The molecule has 3 aromatic rings. The van der Waals surface area contributed by atoms with Crippen LogP contribution in [-0.4, -0.2) is 67.1 Å². The van der Waals surface area contributed by atoms with Crippen molar-refractivity contribution in [3.8, 4) is 0 Å². The van der Waals surface area contributed by atoms with Crippen LogP contribution in [-0.2, 0) is 16.3 Å². The molecular weight excluding hydrogens is 540 g/mol. The van der Waals surface area contributed by atoms with Crippen LogP contribution >= 0.6 is 0 Å². The molecule has 1 saturated carbocycles. The molecule has 0 bridgehead atoms. The molecule has 0 spiro atoms. The SMILES string of the molecule is C[C@H](c1ccccc1)N(C(=O)c1cc(NCS(C)(=O)=O)cc(C(N)=O)c1)[C@@H](Cc1ccccc1)[C@H](O)CNC1CC1. The smallest absolute Gasteiger partial charge is 0.254 e. The molecule has 0 aliphatic heterocycles. The standard InChI is InChI=1S/C31H38N4O5S/c1-21(23-11-7-4-8-12-23)35(28(15-22-9-5-3-6-10-22)29(36)19-33-26-13-14-26)31(38)25-16-24(30(32)37)17-27(18-25)34-20-41(2,39)40/h3-12,16-18,21,26,28-29,33-34,36H,13-15,19-20H2,1-2H3,(H2,32,37)/t21-,28+,29-/m1/s1. The van der Waals surface area contributed by atoms with E-state index in [-0.39, 0.29) is 22.7 Å². The van der Waals surface area contributed by atoms with E-state index < -0.39 is 39.8 Å². The number of hydrogen-bond acceptors (Lipinski definition) is 7. The van der Waals surface area contributed by atoms with Crippen molar-refractivity contribution in [2.45, 2.75) is 50.4 Å². The van der Waals surface area contributed by atoms with Crippen molar-refractivity contribution in [1.29, 1.82) is 0 Å². The van der Waals surface area contributed by atoms with Crippen molar-refractivity contribution >= 4 is 27.3 Å². The maximum atomic E-state index is 14.5. The molecule has 9 nitrogen and oxygen atoms in total. The first-order chi connectivity index (χ1) is 19.5. The summed E-state index contributed by atoms with van der Waals surface area (Å²) in [5.74, 6) is -1.55. The Balaban J connectivity index is 1.78. The number of primary amides is 1. The van der Waals surface area contributed by atoms with E-state index in [9.17, 15) is 23.1 Å². The van der Waals surface area contributed by atoms with Crippen LogP contribution in [0.4, 0.5) is 5.69 Å². The molecule has 0 heterocycles. The minimum atomic E-state index is -3.38. The Morgan fingerprint density at radius 1 is 1.00 bits per heavy atom. The number of aliphatic hydroxyl groups excluding tert-OH is 1. The van der Waals surface area contributed by atoms with Crippen LogP contribution in [0.3, 0.4) is 0 Å². The van der Waals surface area contributed by atoms with Crippen molar-refractivity contribution in [2.75, 3.05) is 24.0 Å². The molecule has 0 radical (unpaired) electrons. The van der Waals surface area contributed by atoms with Gasteiger partial charge in [-0.25, -0.2) is 8.42 Å². The highest BCUT2D eigenvalue weighted by atomic mass is 32.2. The summed E-state index contributed by atoms with van der Waals surface area (Å²) in [7, 11) is -3.38. The molecule has 5 N–H and O–H groups in total. The predicted octanol–water partition coefficient (Wildman–Crippen LogP) is 3.13. The Kier molecular flexibility index (Phi) is 9.80. The molecule has 3 atom stereocenters. The van der Waals surface area contributed by atoms with E-state index in [1.807, 2.05) is 67.6 Å². The second kappa shape index (κ2) is 13.3. The number of sulfone groups is 1. The van der Waals surface area contributed by atoms with Gasteiger partial charge < -0.3 is 26.4 Å². The van der Waals surface area contributed by atoms with Crippen molar-refractivity contribution < 1.29 is 23.1 Å². The fraction of sp³-hybridized carbons (Fsp3) is 0.355. The highest BCUT2D eigenvalue weighted by molar-refractivity contribution is 7.90. The number of carbonyl (C=O) groups is 2. The summed E-state index contributed by atoms with van der Waals surface area (Å²) in [4.78, 5) is 28.3. The Labute approximate surface area is 241 Å². The lowest BCUT2D eigenvalue weighted by Crippen LogP contribution is -2.52. The molecule has 1 aliphatic carbocycles. The average molecular weight is 579 g/mol. The molecule has 0 unspecified atom stereocenters. The van der Waals surface area contributed by atoms with Crippen LogP contribution in [0.1, 0.15) is 57.7 Å². The summed E-state index contributed by atoms with van der Waals surface area (Å²) in [6, 6.07) is 22.9. The van der Waals surface area contributed by atoms with Crippen LogP contribution in [0, 0.1) is 0 Å². The minimum Gasteiger partial charge on any atom is -0.390 e. The van der Waals surface area contributed by atoms with Gasteiger partial charge in [0.25, 0.3) is 5.91 Å². The van der Waals surface area contributed by atoms with Crippen LogP contribution < -0.4 is 16.4 Å². The zero-order valence-corrected chi connectivity index (χ0v) is 24.2. The Morgan fingerprint density at radius 3 is 2.20 bits per heavy atom. The maximum absolute atomic E-state index is 14.5. The van der Waals surface area contributed by atoms with E-state index >= 15 is 0 Å². The average Bonchev–Trinajstić information content (AvgIpc) is 3.79. The molecule has 218 valence electrons. The van der Waals surface area contributed by atoms with Crippen molar-refractivity contribution in [3.05, 3.63) is 101 Å². The first-order valence-corrected chi connectivity index (χ1v) is 15.8. The third-order valence-electron chi connectivity index (χ3n) is 7.22. The largest absolute Gasteiger partial charge is 0.390 e. The number of nitrogens with zero attached hydrogens (tertiary/aromatic N) is 1. The van der Waals surface area contributed by atoms with Crippen molar-refractivity contribution in [1.82, 2.24) is 10.2 Å². The number of hydrogen-bond donors (Lipinski definition) is 4. The summed E-state index contributed by atoms with van der Waals surface area (Å²) in [5.41, 5.74) is 7.92. The van der Waals surface area contributed by atoms with Gasteiger partial charge in [-0.15, -0.1) is 0 Å². The fourth-order valence-corrected chi connectivity index (χ4v) is 5.28. The van der Waals surface area contributed by atoms with Gasteiger partial charge in [0.1, 0.15) is 5.88 Å². The van der Waals surface area contributed by atoms with Gasteiger partial charge in [0.05, 0.1) is 18.2 Å². The van der Waals surface area contributed by atoms with Gasteiger partial charge in [-0.1, -0.05) is 60.7 Å². The topological polar surface area (TPSA) is 142 Å². The number of nitrogens with two attached hydrogens (primary N) is 1. The van der Waals surface area contributed by atoms with Crippen LogP contribution in [0.2, 0.25) is 0 Å². The molecule has 1 aliphatic rings. The molecule has 3 aromatic carbocycles. The second-order valence-corrected chi connectivity index (χ2v) is 12.9. The van der Waals surface area contributed by atoms with Crippen LogP contribution in [0.25, 0.3) is 0 Å². The normalized spacial score (nSPS) is 15.5. The number of benzene rings is 3. The predicted molar refractivity (Wildman–Crippen MR) is 160 cm³/mol. The van der Waals surface area contributed by atoms with Crippen LogP contribution in [0.5, 0.6) is 0 Å². The first-order valence-electron chi connectivity index (χ1n) is 13.7. The minimum absolute atomic E-state index is 0.0646. The van der Waals surface area contributed by atoms with E-state index in [2.05, 4.69) is 10.6 Å². The highest BCUT2D eigenvalue weighted by Crippen LogP contribution is 2.30. The van der Waals surface area contributed by atoms with E-state index in [1.165, 1.54) is 18.2 Å². The number of amides is 2. The van der Waals surface area contributed by atoms with Gasteiger partial charge in [-0.3, -0.25) is 9.59 Å². The van der Waals surface area contributed by atoms with Crippen molar-refractivity contribution in [3.63, 3.8) is 0 Å². The van der Waals surface area contributed by atoms with E-state index in [0.717, 1.165) is 30.2 Å². The van der Waals surface area contributed by atoms with Crippen LogP contribution in [0.15, 0.2) is 78.9 Å². The van der Waals surface area contributed by atoms with Gasteiger partial charge in [0.2, 0.25) is 5.91 Å². The second-order valence-electron chi connectivity index (χ2n) is 10.7. The number of carbonyl (C=O) groups excluding carboxylic acids is 2.